The van der Waals surface area contributed by atoms with Crippen LogP contribution in [0.15, 0.2) is 69.5 Å². The molecule has 0 saturated carbocycles. The van der Waals surface area contributed by atoms with Crippen molar-refractivity contribution in [2.45, 2.75) is 30.2 Å². The standard InChI is InChI=1S/C23H22FN3O2S2/c1-13(2)30-22-19(15-8-5-4-6-9-15)26-23(31-22)27-20(21(28)29)18(14(3)25)16-10-7-11-17(24)12-16/h4-13H,25H2,1-3H3,(H,28,29). The number of aliphatic imine (C=N–C) groups is 1. The molecule has 0 aliphatic rings. The number of aromatic nitrogens is 1. The number of benzene rings is 2. The van der Waals surface area contributed by atoms with Gasteiger partial charge in [0.25, 0.3) is 0 Å². The molecule has 0 amide bonds. The first kappa shape index (κ1) is 22.7. The molecule has 0 spiro atoms. The van der Waals surface area contributed by atoms with Crippen molar-refractivity contribution in [2.75, 3.05) is 0 Å². The van der Waals surface area contributed by atoms with E-state index in [1.54, 1.807) is 24.8 Å². The van der Waals surface area contributed by atoms with Gasteiger partial charge in [0.1, 0.15) is 5.82 Å². The Kier molecular flexibility index (Phi) is 7.25. The van der Waals surface area contributed by atoms with Crippen LogP contribution in [0.2, 0.25) is 0 Å². The van der Waals surface area contributed by atoms with E-state index in [0.717, 1.165) is 15.5 Å². The maximum Gasteiger partial charge on any atom is 0.355 e. The number of aliphatic carboxylic acids is 1. The lowest BCUT2D eigenvalue weighted by atomic mass is 9.99. The molecule has 0 atom stereocenters. The van der Waals surface area contributed by atoms with E-state index >= 15 is 0 Å². The van der Waals surface area contributed by atoms with Crippen LogP contribution in [0, 0.1) is 5.82 Å². The van der Waals surface area contributed by atoms with Crippen LogP contribution >= 0.6 is 23.1 Å². The minimum Gasteiger partial charge on any atom is -0.476 e. The fourth-order valence-electron chi connectivity index (χ4n) is 2.92. The van der Waals surface area contributed by atoms with Crippen LogP contribution in [0.1, 0.15) is 26.3 Å². The third-order valence-corrected chi connectivity index (χ3v) is 6.29. The van der Waals surface area contributed by atoms with E-state index in [-0.39, 0.29) is 17.0 Å². The third-order valence-electron chi connectivity index (χ3n) is 4.13. The Hall–Kier alpha value is -2.97. The minimum absolute atomic E-state index is 0.168. The molecule has 2 aromatic carbocycles. The molecule has 0 saturated heterocycles. The van der Waals surface area contributed by atoms with Crippen molar-refractivity contribution in [3.8, 4) is 11.3 Å². The van der Waals surface area contributed by atoms with Gasteiger partial charge < -0.3 is 10.8 Å². The van der Waals surface area contributed by atoms with Crippen molar-refractivity contribution in [3.63, 3.8) is 0 Å². The molecule has 8 heteroatoms. The number of nitrogens with zero attached hydrogens (tertiary/aromatic N) is 2. The number of thiazole rings is 1. The molecule has 0 radical (unpaired) electrons. The summed E-state index contributed by atoms with van der Waals surface area (Å²) in [6.07, 6.45) is 0. The number of rotatable bonds is 7. The molecule has 3 rings (SSSR count). The van der Waals surface area contributed by atoms with E-state index in [2.05, 4.69) is 23.8 Å². The van der Waals surface area contributed by atoms with Gasteiger partial charge in [-0.1, -0.05) is 67.6 Å². The van der Waals surface area contributed by atoms with Crippen molar-refractivity contribution in [1.29, 1.82) is 0 Å². The first-order valence-corrected chi connectivity index (χ1v) is 11.2. The average molecular weight is 456 g/mol. The summed E-state index contributed by atoms with van der Waals surface area (Å²) in [5, 5.41) is 10.5. The highest BCUT2D eigenvalue weighted by molar-refractivity contribution is 8.01. The topological polar surface area (TPSA) is 88.6 Å². The predicted molar refractivity (Wildman–Crippen MR) is 126 cm³/mol. The molecular weight excluding hydrogens is 433 g/mol. The van der Waals surface area contributed by atoms with Crippen LogP contribution in [0.5, 0.6) is 0 Å². The van der Waals surface area contributed by atoms with Crippen LogP contribution < -0.4 is 5.73 Å². The van der Waals surface area contributed by atoms with Gasteiger partial charge in [0.15, 0.2) is 5.71 Å². The number of carbonyl (C=O) groups is 1. The quantitative estimate of drug-likeness (QED) is 0.337. The number of hydrogen-bond donors (Lipinski definition) is 2. The maximum absolute atomic E-state index is 13.8. The minimum atomic E-state index is -1.27. The Labute approximate surface area is 188 Å². The largest absolute Gasteiger partial charge is 0.476 e. The zero-order valence-electron chi connectivity index (χ0n) is 17.3. The number of carboxylic acids is 1. The molecule has 0 unspecified atom stereocenters. The van der Waals surface area contributed by atoms with Gasteiger partial charge in [-0.15, -0.1) is 11.8 Å². The summed E-state index contributed by atoms with van der Waals surface area (Å²) in [4.78, 5) is 21.1. The first-order valence-electron chi connectivity index (χ1n) is 9.53. The molecule has 1 aromatic heterocycles. The summed E-state index contributed by atoms with van der Waals surface area (Å²) in [7, 11) is 0. The normalized spacial score (nSPS) is 12.7. The molecule has 0 aliphatic carbocycles. The highest BCUT2D eigenvalue weighted by atomic mass is 32.2. The fraction of sp³-hybridized carbons (Fsp3) is 0.174. The molecule has 0 fully saturated rings. The Morgan fingerprint density at radius 3 is 2.48 bits per heavy atom. The Balaban J connectivity index is 2.15. The summed E-state index contributed by atoms with van der Waals surface area (Å²) in [5.41, 5.74) is 8.14. The maximum atomic E-state index is 13.8. The number of nitrogens with two attached hydrogens (primary N) is 1. The van der Waals surface area contributed by atoms with E-state index in [4.69, 9.17) is 5.73 Å². The zero-order valence-corrected chi connectivity index (χ0v) is 18.9. The molecule has 0 aliphatic heterocycles. The highest BCUT2D eigenvalue weighted by Crippen LogP contribution is 2.41. The van der Waals surface area contributed by atoms with Gasteiger partial charge in [-0.2, -0.15) is 0 Å². The van der Waals surface area contributed by atoms with E-state index in [1.807, 2.05) is 30.3 Å². The number of halogens is 1. The SMILES string of the molecule is CC(N)=C(C(=Nc1nc(-c2ccccc2)c(SC(C)C)s1)C(=O)O)c1cccc(F)c1. The second kappa shape index (κ2) is 9.89. The highest BCUT2D eigenvalue weighted by Gasteiger charge is 2.22. The summed E-state index contributed by atoms with van der Waals surface area (Å²) < 4.78 is 14.7. The van der Waals surface area contributed by atoms with Gasteiger partial charge in [-0.3, -0.25) is 0 Å². The lowest BCUT2D eigenvalue weighted by molar-refractivity contribution is -0.129. The van der Waals surface area contributed by atoms with Gasteiger partial charge in [0, 0.05) is 22.1 Å². The zero-order chi connectivity index (χ0) is 22.5. The fourth-order valence-corrected chi connectivity index (χ4v) is 5.31. The average Bonchev–Trinajstić information content (AvgIpc) is 3.09. The Morgan fingerprint density at radius 1 is 1.19 bits per heavy atom. The molecule has 5 nitrogen and oxygen atoms in total. The van der Waals surface area contributed by atoms with E-state index in [0.29, 0.717) is 15.9 Å². The molecule has 0 bridgehead atoms. The molecular formula is C23H22FN3O2S2. The number of carboxylic acid groups (broad SMARTS) is 1. The van der Waals surface area contributed by atoms with Crippen LogP contribution in [0.3, 0.4) is 0 Å². The summed E-state index contributed by atoms with van der Waals surface area (Å²) in [6, 6.07) is 15.3. The van der Waals surface area contributed by atoms with Gasteiger partial charge >= 0.3 is 5.97 Å². The van der Waals surface area contributed by atoms with Gasteiger partial charge in [0.2, 0.25) is 5.13 Å². The first-order chi connectivity index (χ1) is 14.8. The lowest BCUT2D eigenvalue weighted by Crippen LogP contribution is -2.18. The number of thioether (sulfide) groups is 1. The van der Waals surface area contributed by atoms with Crippen LogP contribution in [0.25, 0.3) is 16.8 Å². The number of hydrogen-bond acceptors (Lipinski definition) is 6. The van der Waals surface area contributed by atoms with Crippen molar-refractivity contribution in [2.24, 2.45) is 10.7 Å². The lowest BCUT2D eigenvalue weighted by Gasteiger charge is -2.10. The Morgan fingerprint density at radius 2 is 1.90 bits per heavy atom. The monoisotopic (exact) mass is 455 g/mol. The number of allylic oxidation sites excluding steroid dienone is 1. The third kappa shape index (κ3) is 5.59. The van der Waals surface area contributed by atoms with Crippen LogP contribution in [-0.2, 0) is 4.79 Å². The van der Waals surface area contributed by atoms with Crippen molar-refractivity contribution < 1.29 is 14.3 Å². The van der Waals surface area contributed by atoms with Gasteiger partial charge in [-0.25, -0.2) is 19.2 Å². The summed E-state index contributed by atoms with van der Waals surface area (Å²) >= 11 is 2.96. The Bertz CT molecular complexity index is 1150. The van der Waals surface area contributed by atoms with Crippen molar-refractivity contribution in [1.82, 2.24) is 4.98 Å². The smallest absolute Gasteiger partial charge is 0.355 e. The van der Waals surface area contributed by atoms with Gasteiger partial charge in [-0.05, 0) is 24.6 Å². The summed E-state index contributed by atoms with van der Waals surface area (Å²) in [5.74, 6) is -1.75. The summed E-state index contributed by atoms with van der Waals surface area (Å²) in [6.45, 7) is 5.72. The van der Waals surface area contributed by atoms with E-state index < -0.39 is 11.8 Å². The van der Waals surface area contributed by atoms with Gasteiger partial charge in [0.05, 0.1) is 9.90 Å². The van der Waals surface area contributed by atoms with Crippen molar-refractivity contribution >= 4 is 45.5 Å². The molecule has 1 heterocycles. The van der Waals surface area contributed by atoms with Crippen molar-refractivity contribution in [3.05, 3.63) is 71.7 Å². The molecule has 31 heavy (non-hydrogen) atoms. The van der Waals surface area contributed by atoms with Crippen LogP contribution in [-0.4, -0.2) is 27.0 Å². The van der Waals surface area contributed by atoms with E-state index in [1.165, 1.54) is 29.5 Å². The molecule has 3 aromatic rings. The molecule has 3 N–H and O–H groups in total. The molecule has 160 valence electrons. The second-order valence-electron chi connectivity index (χ2n) is 7.00. The second-order valence-corrected chi connectivity index (χ2v) is 9.82. The van der Waals surface area contributed by atoms with E-state index in [9.17, 15) is 14.3 Å². The van der Waals surface area contributed by atoms with Crippen LogP contribution in [0.4, 0.5) is 9.52 Å². The predicted octanol–water partition coefficient (Wildman–Crippen LogP) is 6.00.